The molecule has 0 aliphatic rings. The Labute approximate surface area is 112 Å². The van der Waals surface area contributed by atoms with Crippen LogP contribution in [0.2, 0.25) is 5.02 Å². The highest BCUT2D eigenvalue weighted by Crippen LogP contribution is 2.26. The van der Waals surface area contributed by atoms with Crippen molar-refractivity contribution in [3.05, 3.63) is 28.8 Å². The summed E-state index contributed by atoms with van der Waals surface area (Å²) in [5.41, 5.74) is 0.0557. The summed E-state index contributed by atoms with van der Waals surface area (Å²) in [6, 6.07) is 5.07. The lowest BCUT2D eigenvalue weighted by molar-refractivity contribution is -0.147. The molecule has 0 amide bonds. The summed E-state index contributed by atoms with van der Waals surface area (Å²) in [6.07, 6.45) is 0.527. The van der Waals surface area contributed by atoms with Crippen molar-refractivity contribution in [2.75, 3.05) is 6.54 Å². The SMILES string of the molecule is CC(C)(CCNCc1cccc(O)c1Cl)C(=O)O. The van der Waals surface area contributed by atoms with Gasteiger partial charge in [0.05, 0.1) is 10.4 Å². The van der Waals surface area contributed by atoms with Crippen LogP contribution in [0.5, 0.6) is 5.75 Å². The van der Waals surface area contributed by atoms with Crippen LogP contribution < -0.4 is 5.32 Å². The molecule has 0 atom stereocenters. The molecule has 0 fully saturated rings. The Balaban J connectivity index is 2.43. The van der Waals surface area contributed by atoms with Gasteiger partial charge in [-0.1, -0.05) is 23.7 Å². The molecule has 0 heterocycles. The first-order valence-corrected chi connectivity index (χ1v) is 6.13. The predicted octanol–water partition coefficient (Wildman–Crippen LogP) is 2.64. The van der Waals surface area contributed by atoms with Crippen LogP contribution in [-0.2, 0) is 11.3 Å². The molecule has 0 aliphatic heterocycles. The molecule has 5 heteroatoms. The fraction of sp³-hybridized carbons (Fsp3) is 0.462. The molecular weight excluding hydrogens is 254 g/mol. The van der Waals surface area contributed by atoms with Gasteiger partial charge in [0, 0.05) is 6.54 Å². The van der Waals surface area contributed by atoms with Gasteiger partial charge >= 0.3 is 5.97 Å². The number of phenolic OH excluding ortho intramolecular Hbond substituents is 1. The van der Waals surface area contributed by atoms with Gasteiger partial charge in [-0.25, -0.2) is 0 Å². The number of rotatable bonds is 6. The molecule has 0 unspecified atom stereocenters. The molecule has 0 radical (unpaired) electrons. The lowest BCUT2D eigenvalue weighted by atomic mass is 9.90. The van der Waals surface area contributed by atoms with Crippen LogP contribution in [0.15, 0.2) is 18.2 Å². The Morgan fingerprint density at radius 1 is 1.44 bits per heavy atom. The van der Waals surface area contributed by atoms with E-state index < -0.39 is 11.4 Å². The minimum Gasteiger partial charge on any atom is -0.506 e. The van der Waals surface area contributed by atoms with Gasteiger partial charge in [0.15, 0.2) is 0 Å². The van der Waals surface area contributed by atoms with E-state index in [4.69, 9.17) is 16.7 Å². The smallest absolute Gasteiger partial charge is 0.309 e. The number of phenols is 1. The third-order valence-corrected chi connectivity index (χ3v) is 3.32. The fourth-order valence-corrected chi connectivity index (χ4v) is 1.63. The van der Waals surface area contributed by atoms with Crippen molar-refractivity contribution < 1.29 is 15.0 Å². The molecule has 1 aromatic rings. The zero-order valence-corrected chi connectivity index (χ0v) is 11.3. The van der Waals surface area contributed by atoms with Gasteiger partial charge in [-0.2, -0.15) is 0 Å². The van der Waals surface area contributed by atoms with E-state index in [1.165, 1.54) is 6.07 Å². The number of halogens is 1. The highest BCUT2D eigenvalue weighted by Gasteiger charge is 2.26. The van der Waals surface area contributed by atoms with Gasteiger partial charge in [-0.15, -0.1) is 0 Å². The Kier molecular flexibility index (Phi) is 4.99. The third-order valence-electron chi connectivity index (χ3n) is 2.88. The van der Waals surface area contributed by atoms with Crippen LogP contribution >= 0.6 is 11.6 Å². The maximum absolute atomic E-state index is 10.9. The molecule has 0 aromatic heterocycles. The number of hydrogen-bond acceptors (Lipinski definition) is 3. The summed E-state index contributed by atoms with van der Waals surface area (Å²) < 4.78 is 0. The first-order valence-electron chi connectivity index (χ1n) is 5.75. The lowest BCUT2D eigenvalue weighted by Gasteiger charge is -2.19. The summed E-state index contributed by atoms with van der Waals surface area (Å²) in [6.45, 7) is 4.46. The molecule has 18 heavy (non-hydrogen) atoms. The molecule has 100 valence electrons. The number of nitrogens with one attached hydrogen (secondary N) is 1. The molecule has 1 rings (SSSR count). The maximum Gasteiger partial charge on any atom is 0.309 e. The van der Waals surface area contributed by atoms with Gasteiger partial charge in [-0.3, -0.25) is 4.79 Å². The highest BCUT2D eigenvalue weighted by atomic mass is 35.5. The quantitative estimate of drug-likeness (QED) is 0.696. The van der Waals surface area contributed by atoms with Crippen LogP contribution in [0.3, 0.4) is 0 Å². The van der Waals surface area contributed by atoms with E-state index in [1.807, 2.05) is 6.07 Å². The number of aromatic hydroxyl groups is 1. The van der Waals surface area contributed by atoms with Crippen molar-refractivity contribution in [1.82, 2.24) is 5.32 Å². The average Bonchev–Trinajstić information content (AvgIpc) is 2.29. The van der Waals surface area contributed by atoms with Crippen LogP contribution in [-0.4, -0.2) is 22.7 Å². The average molecular weight is 272 g/mol. The number of carboxylic acid groups (broad SMARTS) is 1. The van der Waals surface area contributed by atoms with E-state index >= 15 is 0 Å². The van der Waals surface area contributed by atoms with E-state index in [2.05, 4.69) is 5.32 Å². The number of carboxylic acids is 1. The standard InChI is InChI=1S/C13H18ClNO3/c1-13(2,12(17)18)6-7-15-8-9-4-3-5-10(16)11(9)14/h3-5,15-16H,6-8H2,1-2H3,(H,17,18). The van der Waals surface area contributed by atoms with E-state index in [0.29, 0.717) is 24.5 Å². The Morgan fingerprint density at radius 2 is 2.11 bits per heavy atom. The first-order chi connectivity index (χ1) is 8.34. The van der Waals surface area contributed by atoms with Gasteiger partial charge in [0.25, 0.3) is 0 Å². The minimum absolute atomic E-state index is 0.0573. The Hall–Kier alpha value is -1.26. The van der Waals surface area contributed by atoms with Crippen molar-refractivity contribution in [3.8, 4) is 5.75 Å². The predicted molar refractivity (Wildman–Crippen MR) is 70.9 cm³/mol. The van der Waals surface area contributed by atoms with E-state index in [1.54, 1.807) is 19.9 Å². The number of aliphatic carboxylic acids is 1. The molecule has 1 aromatic carbocycles. The number of carbonyl (C=O) groups is 1. The van der Waals surface area contributed by atoms with Crippen LogP contribution in [0.1, 0.15) is 25.8 Å². The Morgan fingerprint density at radius 3 is 2.72 bits per heavy atom. The molecular formula is C13H18ClNO3. The van der Waals surface area contributed by atoms with Crippen molar-refractivity contribution in [2.24, 2.45) is 5.41 Å². The molecule has 4 nitrogen and oxygen atoms in total. The van der Waals surface area contributed by atoms with E-state index in [9.17, 15) is 9.90 Å². The number of benzene rings is 1. The first kappa shape index (κ1) is 14.8. The van der Waals surface area contributed by atoms with Gasteiger partial charge in [0.2, 0.25) is 0 Å². The normalized spacial score (nSPS) is 11.5. The maximum atomic E-state index is 10.9. The minimum atomic E-state index is -0.806. The molecule has 0 aliphatic carbocycles. The van der Waals surface area contributed by atoms with Crippen molar-refractivity contribution in [2.45, 2.75) is 26.8 Å². The zero-order chi connectivity index (χ0) is 13.8. The van der Waals surface area contributed by atoms with Crippen molar-refractivity contribution in [1.29, 1.82) is 0 Å². The fourth-order valence-electron chi connectivity index (χ4n) is 1.43. The largest absolute Gasteiger partial charge is 0.506 e. The lowest BCUT2D eigenvalue weighted by Crippen LogP contribution is -2.28. The number of hydrogen-bond donors (Lipinski definition) is 3. The summed E-state index contributed by atoms with van der Waals surface area (Å²) in [7, 11) is 0. The second-order valence-electron chi connectivity index (χ2n) is 4.87. The van der Waals surface area contributed by atoms with E-state index in [0.717, 1.165) is 5.56 Å². The summed E-state index contributed by atoms with van der Waals surface area (Å²) in [5.74, 6) is -0.749. The van der Waals surface area contributed by atoms with Crippen molar-refractivity contribution >= 4 is 17.6 Å². The molecule has 3 N–H and O–H groups in total. The summed E-state index contributed by atoms with van der Waals surface area (Å²) >= 11 is 5.93. The van der Waals surface area contributed by atoms with Crippen LogP contribution in [0, 0.1) is 5.41 Å². The molecule has 0 spiro atoms. The monoisotopic (exact) mass is 271 g/mol. The molecule has 0 saturated carbocycles. The summed E-state index contributed by atoms with van der Waals surface area (Å²) in [4.78, 5) is 10.9. The molecule has 0 saturated heterocycles. The van der Waals surface area contributed by atoms with Crippen LogP contribution in [0.25, 0.3) is 0 Å². The van der Waals surface area contributed by atoms with Crippen molar-refractivity contribution in [3.63, 3.8) is 0 Å². The second kappa shape index (κ2) is 6.07. The van der Waals surface area contributed by atoms with E-state index in [-0.39, 0.29) is 5.75 Å². The van der Waals surface area contributed by atoms with Gasteiger partial charge in [-0.05, 0) is 38.4 Å². The van der Waals surface area contributed by atoms with Gasteiger partial charge < -0.3 is 15.5 Å². The Bertz CT molecular complexity index is 432. The molecule has 0 bridgehead atoms. The third kappa shape index (κ3) is 3.89. The summed E-state index contributed by atoms with van der Waals surface area (Å²) in [5, 5.41) is 21.8. The van der Waals surface area contributed by atoms with Crippen LogP contribution in [0.4, 0.5) is 0 Å². The second-order valence-corrected chi connectivity index (χ2v) is 5.24. The van der Waals surface area contributed by atoms with Gasteiger partial charge in [0.1, 0.15) is 5.75 Å². The zero-order valence-electron chi connectivity index (χ0n) is 10.5. The topological polar surface area (TPSA) is 69.6 Å². The highest BCUT2D eigenvalue weighted by molar-refractivity contribution is 6.32.